The van der Waals surface area contributed by atoms with Crippen LogP contribution in [0.25, 0.3) is 0 Å². The topological polar surface area (TPSA) is 79.2 Å². The fourth-order valence-electron chi connectivity index (χ4n) is 0.823. The van der Waals surface area contributed by atoms with Crippen molar-refractivity contribution in [3.05, 3.63) is 30.3 Å². The summed E-state index contributed by atoms with van der Waals surface area (Å²) in [5.74, 6) is 0. The van der Waals surface area contributed by atoms with E-state index in [2.05, 4.69) is 16.2 Å². The van der Waals surface area contributed by atoms with Crippen LogP contribution in [0.4, 0.5) is 5.69 Å². The highest BCUT2D eigenvalue weighted by Gasteiger charge is 1.96. The normalized spacial score (nSPS) is 9.13. The Morgan fingerprint density at radius 1 is 1.27 bits per heavy atom. The molecule has 7 heteroatoms. The molecule has 1 aromatic carbocycles. The minimum absolute atomic E-state index is 0.00668. The summed E-state index contributed by atoms with van der Waals surface area (Å²) >= 11 is 5.09. The van der Waals surface area contributed by atoms with Gasteiger partial charge in [0.15, 0.2) is 10.2 Å². The molecule has 0 spiro atoms. The third-order valence-electron chi connectivity index (χ3n) is 1.42. The number of hydrogen-bond donors (Lipinski definition) is 4. The first-order valence-electron chi connectivity index (χ1n) is 4.02. The van der Waals surface area contributed by atoms with E-state index in [1.54, 1.807) is 0 Å². The SMILES string of the molecule is NC(NNC(=S)Nc1ccccc1)=S=O. The van der Waals surface area contributed by atoms with Crippen molar-refractivity contribution in [3.63, 3.8) is 0 Å². The van der Waals surface area contributed by atoms with E-state index in [1.165, 1.54) is 0 Å². The Morgan fingerprint density at radius 3 is 2.53 bits per heavy atom. The van der Waals surface area contributed by atoms with E-state index in [0.29, 0.717) is 5.11 Å². The van der Waals surface area contributed by atoms with Crippen LogP contribution < -0.4 is 21.9 Å². The summed E-state index contributed by atoms with van der Waals surface area (Å²) in [4.78, 5) is 0. The number of nitrogens with one attached hydrogen (secondary N) is 3. The molecule has 0 fully saturated rings. The van der Waals surface area contributed by atoms with Gasteiger partial charge in [-0.25, -0.2) is 4.21 Å². The molecule has 0 aromatic heterocycles. The minimum Gasteiger partial charge on any atom is -0.332 e. The Balaban J connectivity index is 2.40. The summed E-state index contributed by atoms with van der Waals surface area (Å²) in [6.45, 7) is 0. The first-order valence-corrected chi connectivity index (χ1v) is 5.17. The monoisotopic (exact) mass is 242 g/mol. The van der Waals surface area contributed by atoms with Gasteiger partial charge in [-0.05, 0) is 24.4 Å². The number of hydrazine groups is 1. The average molecular weight is 242 g/mol. The summed E-state index contributed by atoms with van der Waals surface area (Å²) in [6, 6.07) is 9.39. The third-order valence-corrected chi connectivity index (χ3v) is 1.91. The van der Waals surface area contributed by atoms with Gasteiger partial charge in [-0.15, -0.1) is 0 Å². The van der Waals surface area contributed by atoms with Gasteiger partial charge < -0.3 is 5.32 Å². The zero-order valence-electron chi connectivity index (χ0n) is 7.69. The van der Waals surface area contributed by atoms with Crippen molar-refractivity contribution in [2.45, 2.75) is 0 Å². The van der Waals surface area contributed by atoms with Gasteiger partial charge in [0.1, 0.15) is 11.3 Å². The number of rotatable bonds is 1. The number of thiocarbonyl (C=S) groups is 1. The lowest BCUT2D eigenvalue weighted by molar-refractivity contribution is 0.700. The molecule has 0 radical (unpaired) electrons. The van der Waals surface area contributed by atoms with E-state index in [9.17, 15) is 4.21 Å². The molecule has 15 heavy (non-hydrogen) atoms. The quantitative estimate of drug-likeness (QED) is 0.401. The Labute approximate surface area is 96.1 Å². The van der Waals surface area contributed by atoms with Gasteiger partial charge in [-0.1, -0.05) is 18.2 Å². The van der Waals surface area contributed by atoms with Gasteiger partial charge in [0.2, 0.25) is 0 Å². The van der Waals surface area contributed by atoms with Gasteiger partial charge in [0.05, 0.1) is 0 Å². The van der Waals surface area contributed by atoms with E-state index >= 15 is 0 Å². The Kier molecular flexibility index (Phi) is 4.91. The van der Waals surface area contributed by atoms with Crippen molar-refractivity contribution in [2.75, 3.05) is 5.32 Å². The molecule has 1 aromatic rings. The van der Waals surface area contributed by atoms with Gasteiger partial charge in [-0.2, -0.15) is 5.43 Å². The molecule has 0 aliphatic rings. The second-order valence-electron chi connectivity index (χ2n) is 2.52. The number of hydrogen-bond acceptors (Lipinski definition) is 2. The van der Waals surface area contributed by atoms with Crippen LogP contribution in [0.5, 0.6) is 0 Å². The molecule has 0 atom stereocenters. The Bertz CT molecular complexity index is 389. The summed E-state index contributed by atoms with van der Waals surface area (Å²) in [7, 11) is 0. The van der Waals surface area contributed by atoms with Crippen LogP contribution in [0.1, 0.15) is 0 Å². The maximum atomic E-state index is 10.2. The van der Waals surface area contributed by atoms with Crippen LogP contribution in [0.3, 0.4) is 0 Å². The molecule has 0 aliphatic heterocycles. The minimum atomic E-state index is 0.00668. The number of anilines is 1. The lowest BCUT2D eigenvalue weighted by Crippen LogP contribution is -2.47. The van der Waals surface area contributed by atoms with Crippen LogP contribution >= 0.6 is 12.2 Å². The van der Waals surface area contributed by atoms with Gasteiger partial charge in [-0.3, -0.25) is 11.2 Å². The summed E-state index contributed by atoms with van der Waals surface area (Å²) in [5.41, 5.74) is 11.1. The lowest BCUT2D eigenvalue weighted by atomic mass is 10.3. The largest absolute Gasteiger partial charge is 0.332 e. The molecule has 1 rings (SSSR count). The predicted octanol–water partition coefficient (Wildman–Crippen LogP) is -0.263. The molecule has 5 N–H and O–H groups in total. The smallest absolute Gasteiger partial charge is 0.185 e. The summed E-state index contributed by atoms with van der Waals surface area (Å²) in [6.07, 6.45) is 0. The van der Waals surface area contributed by atoms with E-state index < -0.39 is 0 Å². The molecule has 80 valence electrons. The molecule has 0 aliphatic carbocycles. The van der Waals surface area contributed by atoms with Crippen molar-refractivity contribution in [1.29, 1.82) is 0 Å². The van der Waals surface area contributed by atoms with Crippen LogP contribution in [0.15, 0.2) is 30.3 Å². The first-order chi connectivity index (χ1) is 7.22. The number of benzene rings is 1. The van der Waals surface area contributed by atoms with Crippen molar-refractivity contribution in [3.8, 4) is 0 Å². The molecule has 0 saturated carbocycles. The lowest BCUT2D eigenvalue weighted by Gasteiger charge is -2.09. The van der Waals surface area contributed by atoms with Crippen molar-refractivity contribution in [1.82, 2.24) is 10.9 Å². The van der Waals surface area contributed by atoms with E-state index in [-0.39, 0.29) is 16.4 Å². The fraction of sp³-hybridized carbons (Fsp3) is 0. The summed E-state index contributed by atoms with van der Waals surface area (Å²) < 4.78 is 10.2. The second kappa shape index (κ2) is 6.25. The van der Waals surface area contributed by atoms with E-state index in [4.69, 9.17) is 18.0 Å². The second-order valence-corrected chi connectivity index (χ2v) is 3.53. The zero-order valence-corrected chi connectivity index (χ0v) is 9.32. The van der Waals surface area contributed by atoms with Crippen LogP contribution in [-0.2, 0) is 11.3 Å². The Morgan fingerprint density at radius 2 is 1.93 bits per heavy atom. The fourth-order valence-corrected chi connectivity index (χ4v) is 1.08. The standard InChI is InChI=1S/C8H10N4OS2/c9-7(15-13)11-12-8(14)10-6-4-2-1-3-5-6/h1-5,11H,9H2,(H2,10,12,14). The third kappa shape index (κ3) is 4.66. The number of nitrogens with two attached hydrogens (primary N) is 1. The van der Waals surface area contributed by atoms with E-state index in [1.807, 2.05) is 30.3 Å². The first kappa shape index (κ1) is 11.8. The van der Waals surface area contributed by atoms with Crippen molar-refractivity contribution in [2.24, 2.45) is 5.73 Å². The summed E-state index contributed by atoms with van der Waals surface area (Å²) in [5, 5.41) is 3.24. The molecule has 0 amide bonds. The highest BCUT2D eigenvalue weighted by molar-refractivity contribution is 7.80. The molecule has 0 saturated heterocycles. The molecule has 0 bridgehead atoms. The van der Waals surface area contributed by atoms with Crippen molar-refractivity contribution >= 4 is 39.4 Å². The average Bonchev–Trinajstić information content (AvgIpc) is 2.27. The maximum absolute atomic E-state index is 10.2. The highest BCUT2D eigenvalue weighted by Crippen LogP contribution is 2.03. The highest BCUT2D eigenvalue weighted by atomic mass is 32.1. The van der Waals surface area contributed by atoms with E-state index in [0.717, 1.165) is 5.69 Å². The van der Waals surface area contributed by atoms with Gasteiger partial charge in [0.25, 0.3) is 0 Å². The zero-order chi connectivity index (χ0) is 11.1. The molecule has 5 nitrogen and oxygen atoms in total. The van der Waals surface area contributed by atoms with Crippen molar-refractivity contribution < 1.29 is 4.21 Å². The van der Waals surface area contributed by atoms with Crippen LogP contribution in [-0.4, -0.2) is 14.4 Å². The number of para-hydroxylation sites is 1. The molecular weight excluding hydrogens is 232 g/mol. The molecule has 0 unspecified atom stereocenters. The molecule has 0 heterocycles. The predicted molar refractivity (Wildman–Crippen MR) is 66.3 cm³/mol. The molecular formula is C8H10N4OS2. The van der Waals surface area contributed by atoms with Gasteiger partial charge >= 0.3 is 0 Å². The maximum Gasteiger partial charge on any atom is 0.185 e. The Hall–Kier alpha value is -1.28. The van der Waals surface area contributed by atoms with Crippen LogP contribution in [0.2, 0.25) is 0 Å². The van der Waals surface area contributed by atoms with Crippen LogP contribution in [0, 0.1) is 0 Å². The van der Waals surface area contributed by atoms with Gasteiger partial charge in [0, 0.05) is 5.69 Å².